The van der Waals surface area contributed by atoms with Gasteiger partial charge in [0, 0.05) is 37.7 Å². The monoisotopic (exact) mass is 889 g/mol. The van der Waals surface area contributed by atoms with Crippen molar-refractivity contribution in [3.8, 4) is 0 Å². The lowest BCUT2D eigenvalue weighted by molar-refractivity contribution is -0.346. The lowest BCUT2D eigenvalue weighted by atomic mass is 9.44. The van der Waals surface area contributed by atoms with Gasteiger partial charge in [-0.2, -0.15) is 0 Å². The van der Waals surface area contributed by atoms with Gasteiger partial charge in [-0.3, -0.25) is 19.2 Å². The maximum absolute atomic E-state index is 15.5. The number of carbonyl (C=O) groups is 6. The summed E-state index contributed by atoms with van der Waals surface area (Å²) < 4.78 is 59.7. The van der Waals surface area contributed by atoms with E-state index in [2.05, 4.69) is 5.32 Å². The van der Waals surface area contributed by atoms with Gasteiger partial charge >= 0.3 is 23.9 Å². The highest BCUT2D eigenvalue weighted by atomic mass is 19.2. The predicted molar refractivity (Wildman–Crippen MR) is 218 cm³/mol. The first-order valence-corrected chi connectivity index (χ1v) is 20.7. The van der Waals surface area contributed by atoms with Crippen LogP contribution in [0.1, 0.15) is 86.7 Å². The average molecular weight is 890 g/mol. The molecule has 4 N–H and O–H groups in total. The maximum atomic E-state index is 15.5. The highest BCUT2D eigenvalue weighted by Gasteiger charge is 2.78. The van der Waals surface area contributed by atoms with Crippen LogP contribution in [-0.4, -0.2) is 105 Å². The molecule has 1 saturated heterocycles. The molecule has 2 saturated carbocycles. The van der Waals surface area contributed by atoms with Crippen molar-refractivity contribution in [3.05, 3.63) is 118 Å². The number of Topliss-reactive ketones (excluding diaryl/α,β-unsaturated/α-hetero) is 1. The van der Waals surface area contributed by atoms with Gasteiger partial charge in [0.05, 0.1) is 35.6 Å². The number of ketones is 1. The molecule has 3 aliphatic carbocycles. The number of ether oxygens (including phenoxy) is 5. The fourth-order valence-electron chi connectivity index (χ4n) is 10.3. The summed E-state index contributed by atoms with van der Waals surface area (Å²) in [6, 6.07) is 17.4. The SMILES string of the molecule is CC(=O)O[C@H]1C(=O)[C@@]2(C)[C@H]([C@H](OC(=O)c3cccc(F)c3F)[C@]3(O)C[C@H](OC(=O)[C@H](O)[C@@H](NC(=O)c4ccccc4)c4ccccc4)C(C)=C1C3(C)C)[C@]1(OC(C)=O)CO[C@@H]1C[C@@H]2O. The summed E-state index contributed by atoms with van der Waals surface area (Å²) in [7, 11) is 0. The van der Waals surface area contributed by atoms with Crippen LogP contribution >= 0.6 is 0 Å². The van der Waals surface area contributed by atoms with Crippen molar-refractivity contribution in [1.82, 2.24) is 5.32 Å². The first-order valence-electron chi connectivity index (χ1n) is 20.7. The molecule has 17 heteroatoms. The topological polar surface area (TPSA) is 221 Å². The zero-order valence-electron chi connectivity index (χ0n) is 35.8. The molecular weight excluding hydrogens is 841 g/mol. The van der Waals surface area contributed by atoms with Gasteiger partial charge < -0.3 is 44.3 Å². The number of esters is 4. The molecular formula is C47H49F2NO14. The zero-order chi connectivity index (χ0) is 46.7. The second kappa shape index (κ2) is 16.9. The molecule has 15 nitrogen and oxygen atoms in total. The van der Waals surface area contributed by atoms with E-state index in [4.69, 9.17) is 23.7 Å². The van der Waals surface area contributed by atoms with Crippen LogP contribution in [0.3, 0.4) is 0 Å². The molecule has 1 amide bonds. The number of halogens is 2. The Morgan fingerprint density at radius 2 is 1.52 bits per heavy atom. The molecule has 1 heterocycles. The Bertz CT molecular complexity index is 2410. The van der Waals surface area contributed by atoms with E-state index >= 15 is 9.18 Å². The molecule has 7 rings (SSSR count). The van der Waals surface area contributed by atoms with Crippen LogP contribution < -0.4 is 5.32 Å². The normalized spacial score (nSPS) is 31.3. The summed E-state index contributed by atoms with van der Waals surface area (Å²) in [4.78, 5) is 83.4. The number of fused-ring (bicyclic) bond motifs is 5. The summed E-state index contributed by atoms with van der Waals surface area (Å²) in [6.07, 6.45) is -11.7. The molecule has 3 fully saturated rings. The molecule has 0 aromatic heterocycles. The van der Waals surface area contributed by atoms with Crippen molar-refractivity contribution in [3.63, 3.8) is 0 Å². The number of carbonyl (C=O) groups excluding carboxylic acids is 6. The van der Waals surface area contributed by atoms with Gasteiger partial charge in [-0.1, -0.05) is 68.4 Å². The largest absolute Gasteiger partial charge is 0.456 e. The van der Waals surface area contributed by atoms with Crippen molar-refractivity contribution >= 4 is 35.6 Å². The van der Waals surface area contributed by atoms with Crippen molar-refractivity contribution in [2.45, 2.75) is 108 Å². The maximum Gasteiger partial charge on any atom is 0.341 e. The number of benzene rings is 3. The predicted octanol–water partition coefficient (Wildman–Crippen LogP) is 4.01. The van der Waals surface area contributed by atoms with E-state index in [1.54, 1.807) is 48.5 Å². The van der Waals surface area contributed by atoms with E-state index in [0.29, 0.717) is 5.56 Å². The quantitative estimate of drug-likeness (QED) is 0.128. The van der Waals surface area contributed by atoms with Crippen LogP contribution in [0.5, 0.6) is 0 Å². The van der Waals surface area contributed by atoms with E-state index in [-0.39, 0.29) is 23.1 Å². The Hall–Kier alpha value is -5.88. The van der Waals surface area contributed by atoms with Crippen LogP contribution in [0.2, 0.25) is 0 Å². The Kier molecular flexibility index (Phi) is 12.2. The third kappa shape index (κ3) is 7.47. The fourth-order valence-corrected chi connectivity index (χ4v) is 10.3. The summed E-state index contributed by atoms with van der Waals surface area (Å²) in [6.45, 7) is 7.23. The third-order valence-corrected chi connectivity index (χ3v) is 13.6. The van der Waals surface area contributed by atoms with Gasteiger partial charge in [0.25, 0.3) is 5.91 Å². The summed E-state index contributed by atoms with van der Waals surface area (Å²) in [5.74, 6) is -11.1. The Morgan fingerprint density at radius 1 is 0.875 bits per heavy atom. The van der Waals surface area contributed by atoms with E-state index in [0.717, 1.165) is 32.0 Å². The second-order valence-electron chi connectivity index (χ2n) is 17.6. The Labute approximate surface area is 366 Å². The zero-order valence-corrected chi connectivity index (χ0v) is 35.8. The Balaban J connectivity index is 1.40. The molecule has 0 radical (unpaired) electrons. The van der Waals surface area contributed by atoms with Gasteiger partial charge in [-0.25, -0.2) is 18.4 Å². The first-order chi connectivity index (χ1) is 30.1. The smallest absolute Gasteiger partial charge is 0.341 e. The number of amides is 1. The van der Waals surface area contributed by atoms with Gasteiger partial charge in [-0.15, -0.1) is 0 Å². The standard InChI is InChI=1S/C47H49F2NO14/c1-23-30(62-43(58)36(54)35(26-14-9-7-10-15-26)50-41(56)27-16-11-8-12-17-27)21-47(59)40(63-42(57)28-18-13-19-29(48)34(28)49)38-45(6,31(53)20-32-46(38,22-60-32)64-25(3)52)39(55)37(61-24(2)51)33(23)44(47,4)5/h7-19,30-32,35-38,40,53-54,59H,20-22H2,1-6H3,(H,50,56)/t30-,31-,32+,35-,36+,37+,38-,40-,45+,46-,47+/m0/s1. The van der Waals surface area contributed by atoms with E-state index in [1.807, 2.05) is 0 Å². The van der Waals surface area contributed by atoms with Crippen molar-refractivity contribution in [2.75, 3.05) is 6.61 Å². The summed E-state index contributed by atoms with van der Waals surface area (Å²) >= 11 is 0. The van der Waals surface area contributed by atoms with Crippen molar-refractivity contribution in [2.24, 2.45) is 16.7 Å². The van der Waals surface area contributed by atoms with E-state index in [1.165, 1.54) is 39.8 Å². The Morgan fingerprint density at radius 3 is 2.11 bits per heavy atom. The van der Waals surface area contributed by atoms with Gasteiger partial charge in [0.2, 0.25) is 0 Å². The number of hydrogen-bond acceptors (Lipinski definition) is 14. The van der Waals surface area contributed by atoms with Gasteiger partial charge in [0.1, 0.15) is 23.9 Å². The lowest BCUT2D eigenvalue weighted by Gasteiger charge is -2.67. The molecule has 64 heavy (non-hydrogen) atoms. The lowest BCUT2D eigenvalue weighted by Crippen LogP contribution is -2.82. The van der Waals surface area contributed by atoms with Crippen molar-refractivity contribution < 1.29 is 76.6 Å². The number of aliphatic hydroxyl groups excluding tert-OH is 2. The number of rotatable bonds is 10. The molecule has 11 atom stereocenters. The van der Waals surface area contributed by atoms with Crippen LogP contribution in [0.25, 0.3) is 0 Å². The molecule has 340 valence electrons. The fraction of sp³-hybridized carbons (Fsp3) is 0.447. The summed E-state index contributed by atoms with van der Waals surface area (Å²) in [5, 5.41) is 40.1. The van der Waals surface area contributed by atoms with Crippen LogP contribution in [-0.2, 0) is 42.9 Å². The van der Waals surface area contributed by atoms with Crippen molar-refractivity contribution in [1.29, 1.82) is 0 Å². The van der Waals surface area contributed by atoms with Crippen LogP contribution in [0.15, 0.2) is 90.0 Å². The molecule has 0 unspecified atom stereocenters. The minimum atomic E-state index is -2.62. The van der Waals surface area contributed by atoms with Crippen LogP contribution in [0.4, 0.5) is 8.78 Å². The molecule has 2 bridgehead atoms. The molecule has 4 aliphatic rings. The molecule has 3 aromatic rings. The van der Waals surface area contributed by atoms with E-state index in [9.17, 15) is 43.7 Å². The molecule has 1 aliphatic heterocycles. The third-order valence-electron chi connectivity index (χ3n) is 13.6. The minimum absolute atomic E-state index is 0.0626. The minimum Gasteiger partial charge on any atom is -0.456 e. The molecule has 3 aromatic carbocycles. The van der Waals surface area contributed by atoms with E-state index < -0.39 is 136 Å². The van der Waals surface area contributed by atoms with Gasteiger partial charge in [-0.05, 0) is 54.8 Å². The highest BCUT2D eigenvalue weighted by molar-refractivity contribution is 5.96. The number of hydrogen-bond donors (Lipinski definition) is 4. The second-order valence-corrected chi connectivity index (χ2v) is 17.6. The highest BCUT2D eigenvalue weighted by Crippen LogP contribution is 2.64. The summed E-state index contributed by atoms with van der Waals surface area (Å²) in [5.41, 5.74) is -9.10. The average Bonchev–Trinajstić information content (AvgIpc) is 3.24. The van der Waals surface area contributed by atoms with Gasteiger partial charge in [0.15, 0.2) is 35.2 Å². The van der Waals surface area contributed by atoms with Crippen LogP contribution in [0, 0.1) is 28.4 Å². The molecule has 0 spiro atoms. The number of nitrogens with one attached hydrogen (secondary N) is 1. The first kappa shape index (κ1) is 46.1. The number of aliphatic hydroxyl groups is 3.